The lowest BCUT2D eigenvalue weighted by Crippen LogP contribution is -2.47. The third-order valence-electron chi connectivity index (χ3n) is 1.87. The van der Waals surface area contributed by atoms with Crippen LogP contribution in [0.5, 0.6) is 0 Å². The van der Waals surface area contributed by atoms with Gasteiger partial charge in [0, 0.05) is 13.0 Å². The first-order valence-electron chi connectivity index (χ1n) is 5.63. The number of hydrazine groups is 1. The molecule has 8 nitrogen and oxygen atoms in total. The maximum absolute atomic E-state index is 11.1. The Balaban J connectivity index is 3.42. The molecular formula is C10H19N3O5. The summed E-state index contributed by atoms with van der Waals surface area (Å²) in [5.41, 5.74) is 4.17. The zero-order chi connectivity index (χ0) is 13.8. The zero-order valence-corrected chi connectivity index (χ0v) is 10.6. The molecule has 0 bridgehead atoms. The van der Waals surface area contributed by atoms with Gasteiger partial charge in [-0.25, -0.2) is 20.4 Å². The van der Waals surface area contributed by atoms with E-state index in [1.54, 1.807) is 6.92 Å². The molecule has 0 spiro atoms. The van der Waals surface area contributed by atoms with Gasteiger partial charge in [-0.2, -0.15) is 0 Å². The molecule has 0 aromatic rings. The van der Waals surface area contributed by atoms with Crippen molar-refractivity contribution in [3.63, 3.8) is 0 Å². The van der Waals surface area contributed by atoms with Crippen LogP contribution in [0.25, 0.3) is 0 Å². The Kier molecular flexibility index (Phi) is 9.06. The van der Waals surface area contributed by atoms with Gasteiger partial charge in [0.15, 0.2) is 0 Å². The summed E-state index contributed by atoms with van der Waals surface area (Å²) in [6, 6.07) is -0.541. The van der Waals surface area contributed by atoms with Crippen LogP contribution in [0.1, 0.15) is 26.2 Å². The Morgan fingerprint density at radius 2 is 1.83 bits per heavy atom. The molecule has 0 aliphatic carbocycles. The monoisotopic (exact) mass is 261 g/mol. The lowest BCUT2D eigenvalue weighted by molar-refractivity contribution is -0.140. The van der Waals surface area contributed by atoms with E-state index in [9.17, 15) is 14.4 Å². The summed E-state index contributed by atoms with van der Waals surface area (Å²) in [5.74, 6) is -0.275. The van der Waals surface area contributed by atoms with Crippen molar-refractivity contribution in [1.29, 1.82) is 0 Å². The van der Waals surface area contributed by atoms with Crippen molar-refractivity contribution in [3.8, 4) is 0 Å². The van der Waals surface area contributed by atoms with Crippen molar-refractivity contribution < 1.29 is 23.9 Å². The lowest BCUT2D eigenvalue weighted by atomic mass is 10.2. The van der Waals surface area contributed by atoms with E-state index in [0.717, 1.165) is 0 Å². The van der Waals surface area contributed by atoms with Gasteiger partial charge in [0.2, 0.25) is 0 Å². The molecule has 0 aromatic carbocycles. The second-order valence-electron chi connectivity index (χ2n) is 3.26. The Morgan fingerprint density at radius 1 is 1.11 bits per heavy atom. The highest BCUT2D eigenvalue weighted by Gasteiger charge is 2.03. The first kappa shape index (κ1) is 16.0. The van der Waals surface area contributed by atoms with Crippen LogP contribution < -0.4 is 16.2 Å². The molecule has 0 saturated heterocycles. The van der Waals surface area contributed by atoms with Crippen LogP contribution >= 0.6 is 0 Å². The van der Waals surface area contributed by atoms with Crippen molar-refractivity contribution in [2.75, 3.05) is 20.3 Å². The number of methoxy groups -OCH3 is 1. The number of amides is 3. The summed E-state index contributed by atoms with van der Waals surface area (Å²) < 4.78 is 9.00. The SMILES string of the molecule is CCOC(=O)NNC(=O)NCCCCC(=O)OC. The van der Waals surface area contributed by atoms with Crippen LogP contribution in [0.4, 0.5) is 9.59 Å². The van der Waals surface area contributed by atoms with Gasteiger partial charge in [0.1, 0.15) is 0 Å². The van der Waals surface area contributed by atoms with Crippen LogP contribution in [0.2, 0.25) is 0 Å². The minimum atomic E-state index is -0.724. The number of carbonyl (C=O) groups is 3. The second kappa shape index (κ2) is 10.2. The molecule has 0 heterocycles. The number of esters is 1. The lowest BCUT2D eigenvalue weighted by Gasteiger charge is -2.08. The van der Waals surface area contributed by atoms with Crippen molar-refractivity contribution in [3.05, 3.63) is 0 Å². The molecule has 18 heavy (non-hydrogen) atoms. The molecule has 0 unspecified atom stereocenters. The van der Waals surface area contributed by atoms with Crippen molar-refractivity contribution >= 4 is 18.1 Å². The summed E-state index contributed by atoms with van der Waals surface area (Å²) in [6.45, 7) is 2.27. The molecule has 0 aromatic heterocycles. The van der Waals surface area contributed by atoms with Gasteiger partial charge >= 0.3 is 18.1 Å². The van der Waals surface area contributed by atoms with Crippen molar-refractivity contribution in [2.45, 2.75) is 26.2 Å². The van der Waals surface area contributed by atoms with Gasteiger partial charge in [0.05, 0.1) is 13.7 Å². The molecular weight excluding hydrogens is 242 g/mol. The number of hydrogen-bond donors (Lipinski definition) is 3. The molecule has 0 aliphatic rings. The Morgan fingerprint density at radius 3 is 2.44 bits per heavy atom. The molecule has 0 atom stereocenters. The standard InChI is InChI=1S/C10H19N3O5/c1-3-18-10(16)13-12-9(15)11-7-5-4-6-8(14)17-2/h3-7H2,1-2H3,(H,13,16)(H2,11,12,15). The minimum absolute atomic E-state index is 0.225. The number of unbranched alkanes of at least 4 members (excludes halogenated alkanes) is 1. The zero-order valence-electron chi connectivity index (χ0n) is 10.6. The van der Waals surface area contributed by atoms with Gasteiger partial charge in [-0.3, -0.25) is 4.79 Å². The number of hydrogen-bond acceptors (Lipinski definition) is 5. The van der Waals surface area contributed by atoms with E-state index in [1.165, 1.54) is 7.11 Å². The molecule has 0 saturated carbocycles. The predicted molar refractivity (Wildman–Crippen MR) is 62.6 cm³/mol. The van der Waals surface area contributed by atoms with Crippen LogP contribution in [0.15, 0.2) is 0 Å². The second-order valence-corrected chi connectivity index (χ2v) is 3.26. The van der Waals surface area contributed by atoms with E-state index >= 15 is 0 Å². The minimum Gasteiger partial charge on any atom is -0.469 e. The van der Waals surface area contributed by atoms with Crippen LogP contribution in [0.3, 0.4) is 0 Å². The van der Waals surface area contributed by atoms with E-state index < -0.39 is 12.1 Å². The summed E-state index contributed by atoms with van der Waals surface area (Å²) in [5, 5.41) is 2.50. The molecule has 3 N–H and O–H groups in total. The number of ether oxygens (including phenoxy) is 2. The molecule has 0 radical (unpaired) electrons. The van der Waals surface area contributed by atoms with Crippen LogP contribution in [-0.4, -0.2) is 38.4 Å². The maximum atomic E-state index is 11.1. The van der Waals surface area contributed by atoms with Crippen molar-refractivity contribution in [2.24, 2.45) is 0 Å². The van der Waals surface area contributed by atoms with Gasteiger partial charge in [0.25, 0.3) is 0 Å². The predicted octanol–water partition coefficient (Wildman–Crippen LogP) is 0.290. The maximum Gasteiger partial charge on any atom is 0.426 e. The Labute approximate surface area is 105 Å². The quantitative estimate of drug-likeness (QED) is 0.362. The summed E-state index contributed by atoms with van der Waals surface area (Å²) >= 11 is 0. The fourth-order valence-corrected chi connectivity index (χ4v) is 1.02. The fraction of sp³-hybridized carbons (Fsp3) is 0.700. The highest BCUT2D eigenvalue weighted by atomic mass is 16.6. The average Bonchev–Trinajstić information content (AvgIpc) is 2.36. The first-order chi connectivity index (χ1) is 8.60. The van der Waals surface area contributed by atoms with E-state index in [2.05, 4.69) is 25.6 Å². The molecule has 0 aliphatic heterocycles. The van der Waals surface area contributed by atoms with E-state index in [0.29, 0.717) is 25.8 Å². The van der Waals surface area contributed by atoms with Gasteiger partial charge in [-0.15, -0.1) is 0 Å². The third kappa shape index (κ3) is 9.25. The van der Waals surface area contributed by atoms with Gasteiger partial charge in [-0.05, 0) is 19.8 Å². The number of nitrogens with one attached hydrogen (secondary N) is 3. The normalized spacial score (nSPS) is 9.22. The summed E-state index contributed by atoms with van der Waals surface area (Å²) in [4.78, 5) is 32.7. The highest BCUT2D eigenvalue weighted by Crippen LogP contribution is 1.95. The van der Waals surface area contributed by atoms with Gasteiger partial charge in [-0.1, -0.05) is 0 Å². The topological polar surface area (TPSA) is 106 Å². The smallest absolute Gasteiger partial charge is 0.426 e. The van der Waals surface area contributed by atoms with Crippen LogP contribution in [0, 0.1) is 0 Å². The summed E-state index contributed by atoms with van der Waals surface area (Å²) in [7, 11) is 1.33. The van der Waals surface area contributed by atoms with E-state index in [4.69, 9.17) is 0 Å². The van der Waals surface area contributed by atoms with E-state index in [1.807, 2.05) is 0 Å². The van der Waals surface area contributed by atoms with Crippen molar-refractivity contribution in [1.82, 2.24) is 16.2 Å². The van der Waals surface area contributed by atoms with Crippen LogP contribution in [-0.2, 0) is 14.3 Å². The number of urea groups is 1. The number of carbonyl (C=O) groups excluding carboxylic acids is 3. The molecule has 8 heteroatoms. The molecule has 104 valence electrons. The molecule has 0 fully saturated rings. The van der Waals surface area contributed by atoms with Gasteiger partial charge < -0.3 is 14.8 Å². The fourth-order valence-electron chi connectivity index (χ4n) is 1.02. The van der Waals surface area contributed by atoms with E-state index in [-0.39, 0.29) is 12.6 Å². The highest BCUT2D eigenvalue weighted by molar-refractivity contribution is 5.77. The third-order valence-corrected chi connectivity index (χ3v) is 1.87. The molecule has 0 rings (SSSR count). The first-order valence-corrected chi connectivity index (χ1v) is 5.63. The largest absolute Gasteiger partial charge is 0.469 e. The summed E-state index contributed by atoms with van der Waals surface area (Å²) in [6.07, 6.45) is 0.861. The average molecular weight is 261 g/mol. The number of rotatable bonds is 6. The Hall–Kier alpha value is -1.99. The Bertz CT molecular complexity index is 283. The molecule has 3 amide bonds.